The molecule has 57 heavy (non-hydrogen) atoms. The molecule has 0 radical (unpaired) electrons. The number of hydrogen-bond donors (Lipinski definition) is 0. The van der Waals surface area contributed by atoms with Gasteiger partial charge in [0.1, 0.15) is 0 Å². The van der Waals surface area contributed by atoms with Crippen LogP contribution in [0, 0.1) is 0 Å². The molecule has 0 unspecified atom stereocenters. The average Bonchev–Trinajstić information content (AvgIpc) is 3.77. The fourth-order valence-electron chi connectivity index (χ4n) is 9.74. The molecule has 8 aromatic carbocycles. The molecule has 12 rings (SSSR count). The Morgan fingerprint density at radius 3 is 1.53 bits per heavy atom. The number of pyridine rings is 1. The maximum atomic E-state index is 5.44. The lowest BCUT2D eigenvalue weighted by Crippen LogP contribution is -2.25. The molecule has 1 spiro atoms. The van der Waals surface area contributed by atoms with Crippen LogP contribution in [0.25, 0.3) is 89.1 Å². The lowest BCUT2D eigenvalue weighted by atomic mass is 9.70. The van der Waals surface area contributed by atoms with Crippen LogP contribution in [0.4, 0.5) is 0 Å². The summed E-state index contributed by atoms with van der Waals surface area (Å²) in [4.78, 5) is 15.8. The second-order valence-electron chi connectivity index (χ2n) is 15.0. The Balaban J connectivity index is 1.11. The molecule has 0 amide bonds. The maximum absolute atomic E-state index is 5.44. The first-order valence-electron chi connectivity index (χ1n) is 19.5. The zero-order valence-corrected chi connectivity index (χ0v) is 30.9. The maximum Gasteiger partial charge on any atom is 0.160 e. The molecular formula is C54H33N3. The van der Waals surface area contributed by atoms with Crippen molar-refractivity contribution in [1.29, 1.82) is 0 Å². The van der Waals surface area contributed by atoms with E-state index < -0.39 is 5.41 Å². The van der Waals surface area contributed by atoms with Crippen molar-refractivity contribution in [3.63, 3.8) is 0 Å². The minimum absolute atomic E-state index is 0.421. The molecule has 3 heteroatoms. The number of benzene rings is 8. The van der Waals surface area contributed by atoms with Crippen molar-refractivity contribution in [1.82, 2.24) is 15.0 Å². The van der Waals surface area contributed by atoms with E-state index in [0.29, 0.717) is 5.82 Å². The molecule has 2 aliphatic carbocycles. The molecule has 0 saturated heterocycles. The zero-order valence-electron chi connectivity index (χ0n) is 30.9. The molecule has 10 aromatic rings. The Bertz CT molecular complexity index is 3140. The summed E-state index contributed by atoms with van der Waals surface area (Å²) in [5.74, 6) is 0.678. The van der Waals surface area contributed by atoms with Crippen molar-refractivity contribution in [2.24, 2.45) is 0 Å². The van der Waals surface area contributed by atoms with Crippen molar-refractivity contribution in [3.8, 4) is 67.4 Å². The van der Waals surface area contributed by atoms with Gasteiger partial charge in [-0.2, -0.15) is 0 Å². The van der Waals surface area contributed by atoms with Crippen LogP contribution in [0.15, 0.2) is 200 Å². The van der Waals surface area contributed by atoms with Crippen LogP contribution in [0.2, 0.25) is 0 Å². The Morgan fingerprint density at radius 1 is 0.333 bits per heavy atom. The van der Waals surface area contributed by atoms with Gasteiger partial charge in [0, 0.05) is 38.4 Å². The van der Waals surface area contributed by atoms with Crippen molar-refractivity contribution >= 4 is 21.7 Å². The highest BCUT2D eigenvalue weighted by atomic mass is 14.9. The minimum Gasteiger partial charge on any atom is -0.247 e. The SMILES string of the molecule is c1ccc(-c2cc(-c3ccccc3)nc(-c3cccc(-c4nc5ccccc5c5c6c(ccc45)C4(c5ccccc5-c5ccccc54)c4ccccc4-6)c3)n2)cc1. The normalized spacial score (nSPS) is 13.1. The van der Waals surface area contributed by atoms with E-state index in [4.69, 9.17) is 15.0 Å². The predicted molar refractivity (Wildman–Crippen MR) is 233 cm³/mol. The van der Waals surface area contributed by atoms with Crippen molar-refractivity contribution in [2.75, 3.05) is 0 Å². The summed E-state index contributed by atoms with van der Waals surface area (Å²) in [5, 5.41) is 3.51. The van der Waals surface area contributed by atoms with Crippen LogP contribution in [0.5, 0.6) is 0 Å². The Kier molecular flexibility index (Phi) is 6.84. The van der Waals surface area contributed by atoms with Gasteiger partial charge in [0.15, 0.2) is 5.82 Å². The Labute approximate surface area is 330 Å². The molecule has 2 heterocycles. The number of hydrogen-bond acceptors (Lipinski definition) is 3. The highest BCUT2D eigenvalue weighted by Gasteiger charge is 2.52. The largest absolute Gasteiger partial charge is 0.247 e. The van der Waals surface area contributed by atoms with E-state index in [0.717, 1.165) is 55.6 Å². The third-order valence-corrected chi connectivity index (χ3v) is 12.1. The molecule has 2 aliphatic rings. The van der Waals surface area contributed by atoms with E-state index in [1.807, 2.05) is 12.1 Å². The lowest BCUT2D eigenvalue weighted by Gasteiger charge is -2.30. The average molecular weight is 724 g/mol. The first-order chi connectivity index (χ1) is 28.3. The van der Waals surface area contributed by atoms with Gasteiger partial charge in [-0.1, -0.05) is 182 Å². The molecule has 0 N–H and O–H groups in total. The van der Waals surface area contributed by atoms with E-state index >= 15 is 0 Å². The second-order valence-corrected chi connectivity index (χ2v) is 15.0. The molecule has 0 aliphatic heterocycles. The molecule has 264 valence electrons. The number of nitrogens with zero attached hydrogens (tertiary/aromatic N) is 3. The summed E-state index contributed by atoms with van der Waals surface area (Å²) in [5.41, 5.74) is 17.9. The van der Waals surface area contributed by atoms with Gasteiger partial charge >= 0.3 is 0 Å². The standard InChI is InChI=1S/C54H33N3/c1-3-16-34(17-4-1)48-33-49(35-18-5-2-6-19-35)57-53(56-48)37-21-15-20-36(32-37)52-42-30-31-46-51(50(42)41-25-10-14-29-47(41)55-52)40-24-9-13-28-45(40)54(46)43-26-11-7-22-38(43)39-23-8-12-27-44(39)54/h1-33H. The van der Waals surface area contributed by atoms with Crippen LogP contribution in [0.3, 0.4) is 0 Å². The smallest absolute Gasteiger partial charge is 0.160 e. The van der Waals surface area contributed by atoms with E-state index in [1.165, 1.54) is 49.9 Å². The minimum atomic E-state index is -0.421. The van der Waals surface area contributed by atoms with E-state index in [1.54, 1.807) is 0 Å². The molecule has 0 fully saturated rings. The van der Waals surface area contributed by atoms with E-state index in [9.17, 15) is 0 Å². The van der Waals surface area contributed by atoms with Gasteiger partial charge in [0.05, 0.1) is 28.0 Å². The number of aromatic nitrogens is 3. The second kappa shape index (κ2) is 12.3. The first kappa shape index (κ1) is 31.8. The van der Waals surface area contributed by atoms with Gasteiger partial charge in [0.25, 0.3) is 0 Å². The molecule has 0 bridgehead atoms. The predicted octanol–water partition coefficient (Wildman–Crippen LogP) is 13.2. The summed E-state index contributed by atoms with van der Waals surface area (Å²) in [6.07, 6.45) is 0. The third kappa shape index (κ3) is 4.57. The van der Waals surface area contributed by atoms with Crippen LogP contribution in [-0.2, 0) is 5.41 Å². The summed E-state index contributed by atoms with van der Waals surface area (Å²) < 4.78 is 0. The first-order valence-corrected chi connectivity index (χ1v) is 19.5. The fraction of sp³-hybridized carbons (Fsp3) is 0.0185. The summed E-state index contributed by atoms with van der Waals surface area (Å²) >= 11 is 0. The lowest BCUT2D eigenvalue weighted by molar-refractivity contribution is 0.794. The van der Waals surface area contributed by atoms with Crippen LogP contribution in [0.1, 0.15) is 22.3 Å². The molecule has 0 atom stereocenters. The molecule has 3 nitrogen and oxygen atoms in total. The third-order valence-electron chi connectivity index (χ3n) is 12.1. The topological polar surface area (TPSA) is 38.7 Å². The van der Waals surface area contributed by atoms with Crippen LogP contribution < -0.4 is 0 Å². The summed E-state index contributed by atoms with van der Waals surface area (Å²) in [6.45, 7) is 0. The number of fused-ring (bicyclic) bond motifs is 14. The Morgan fingerprint density at radius 2 is 0.860 bits per heavy atom. The van der Waals surface area contributed by atoms with Gasteiger partial charge in [0.2, 0.25) is 0 Å². The van der Waals surface area contributed by atoms with Gasteiger partial charge in [-0.15, -0.1) is 0 Å². The number of rotatable bonds is 4. The van der Waals surface area contributed by atoms with E-state index in [-0.39, 0.29) is 0 Å². The zero-order chi connectivity index (χ0) is 37.5. The van der Waals surface area contributed by atoms with Crippen molar-refractivity contribution < 1.29 is 0 Å². The van der Waals surface area contributed by atoms with Crippen LogP contribution in [-0.4, -0.2) is 15.0 Å². The highest BCUT2D eigenvalue weighted by molar-refractivity contribution is 6.20. The summed E-state index contributed by atoms with van der Waals surface area (Å²) in [7, 11) is 0. The number of para-hydroxylation sites is 1. The van der Waals surface area contributed by atoms with Gasteiger partial charge < -0.3 is 0 Å². The molecule has 0 saturated carbocycles. The van der Waals surface area contributed by atoms with Crippen molar-refractivity contribution in [2.45, 2.75) is 5.41 Å². The van der Waals surface area contributed by atoms with Gasteiger partial charge in [-0.3, -0.25) is 0 Å². The van der Waals surface area contributed by atoms with E-state index in [2.05, 4.69) is 188 Å². The molecular weight excluding hydrogens is 691 g/mol. The Hall–Kier alpha value is -7.49. The molecule has 2 aromatic heterocycles. The quantitative estimate of drug-likeness (QED) is 0.170. The fourth-order valence-corrected chi connectivity index (χ4v) is 9.74. The summed E-state index contributed by atoms with van der Waals surface area (Å²) in [6, 6.07) is 71.8. The van der Waals surface area contributed by atoms with Crippen molar-refractivity contribution in [3.05, 3.63) is 222 Å². The highest BCUT2D eigenvalue weighted by Crippen LogP contribution is 2.64. The van der Waals surface area contributed by atoms with Gasteiger partial charge in [-0.25, -0.2) is 15.0 Å². The monoisotopic (exact) mass is 723 g/mol. The van der Waals surface area contributed by atoms with Crippen LogP contribution >= 0.6 is 0 Å². The van der Waals surface area contributed by atoms with Gasteiger partial charge in [-0.05, 0) is 62.7 Å².